The lowest BCUT2D eigenvalue weighted by atomic mass is 10.1. The number of imide groups is 2. The Bertz CT molecular complexity index is 1550. The van der Waals surface area contributed by atoms with Crippen molar-refractivity contribution in [2.75, 3.05) is 16.8 Å². The zero-order valence-electron chi connectivity index (χ0n) is 20.4. The van der Waals surface area contributed by atoms with Crippen molar-refractivity contribution in [1.29, 1.82) is 0 Å². The molecule has 0 bridgehead atoms. The van der Waals surface area contributed by atoms with E-state index in [4.69, 9.17) is 27.9 Å². The smallest absolute Gasteiger partial charge is 0.335 e. The van der Waals surface area contributed by atoms with Crippen LogP contribution in [0.15, 0.2) is 63.0 Å². The maximum atomic E-state index is 13.2. The molecule has 1 saturated heterocycles. The summed E-state index contributed by atoms with van der Waals surface area (Å²) in [4.78, 5) is 51.3. The summed E-state index contributed by atoms with van der Waals surface area (Å²) in [6.07, 6.45) is 1.33. The van der Waals surface area contributed by atoms with Gasteiger partial charge in [-0.3, -0.25) is 19.7 Å². The first kappa shape index (κ1) is 28.8. The lowest BCUT2D eigenvalue weighted by Crippen LogP contribution is -2.54. The fraction of sp³-hybridized carbons (Fsp3) is 0.111. The molecular formula is C27H19Br2Cl2N3O5. The van der Waals surface area contributed by atoms with Crippen molar-refractivity contribution in [3.05, 3.63) is 89.8 Å². The highest BCUT2D eigenvalue weighted by atomic mass is 79.9. The van der Waals surface area contributed by atoms with Crippen molar-refractivity contribution in [2.45, 2.75) is 13.8 Å². The highest BCUT2D eigenvalue weighted by molar-refractivity contribution is 9.11. The van der Waals surface area contributed by atoms with Crippen molar-refractivity contribution in [2.24, 2.45) is 0 Å². The molecule has 0 radical (unpaired) electrons. The van der Waals surface area contributed by atoms with Crippen molar-refractivity contribution < 1.29 is 23.9 Å². The number of urea groups is 1. The molecule has 0 unspecified atom stereocenters. The maximum absolute atomic E-state index is 13.2. The largest absolute Gasteiger partial charge is 0.481 e. The molecule has 0 aliphatic carbocycles. The van der Waals surface area contributed by atoms with Gasteiger partial charge in [0.2, 0.25) is 0 Å². The van der Waals surface area contributed by atoms with Gasteiger partial charge in [0.25, 0.3) is 17.7 Å². The molecule has 0 spiro atoms. The number of amides is 5. The van der Waals surface area contributed by atoms with Gasteiger partial charge in [0.05, 0.1) is 24.7 Å². The Hall–Kier alpha value is -3.18. The minimum atomic E-state index is -0.911. The first-order valence-electron chi connectivity index (χ1n) is 11.3. The molecule has 1 aliphatic heterocycles. The van der Waals surface area contributed by atoms with E-state index in [1.165, 1.54) is 24.3 Å². The van der Waals surface area contributed by atoms with Gasteiger partial charge >= 0.3 is 6.03 Å². The summed E-state index contributed by atoms with van der Waals surface area (Å²) in [6.45, 7) is 3.69. The molecule has 0 atom stereocenters. The van der Waals surface area contributed by atoms with E-state index >= 15 is 0 Å². The molecule has 4 rings (SSSR count). The average Bonchev–Trinajstić information content (AvgIpc) is 2.85. The summed E-state index contributed by atoms with van der Waals surface area (Å²) in [5.74, 6) is -1.69. The molecule has 39 heavy (non-hydrogen) atoms. The zero-order chi connectivity index (χ0) is 28.4. The Labute approximate surface area is 250 Å². The van der Waals surface area contributed by atoms with Gasteiger partial charge in [-0.1, -0.05) is 29.3 Å². The molecule has 200 valence electrons. The molecule has 8 nitrogen and oxygen atoms in total. The van der Waals surface area contributed by atoms with Crippen LogP contribution in [0.25, 0.3) is 6.08 Å². The van der Waals surface area contributed by atoms with E-state index in [-0.39, 0.29) is 33.8 Å². The fourth-order valence-electron chi connectivity index (χ4n) is 3.64. The van der Waals surface area contributed by atoms with E-state index < -0.39 is 17.8 Å². The topological polar surface area (TPSA) is 105 Å². The number of nitrogens with zero attached hydrogens (tertiary/aromatic N) is 1. The molecule has 12 heteroatoms. The summed E-state index contributed by atoms with van der Waals surface area (Å²) >= 11 is 18.8. The van der Waals surface area contributed by atoms with Gasteiger partial charge in [0.1, 0.15) is 11.3 Å². The third-order valence-corrected chi connectivity index (χ3v) is 7.65. The second kappa shape index (κ2) is 11.9. The number of barbiturate groups is 1. The molecule has 3 aromatic rings. The number of hydrogen-bond acceptors (Lipinski definition) is 5. The van der Waals surface area contributed by atoms with Gasteiger partial charge in [-0.15, -0.1) is 0 Å². The lowest BCUT2D eigenvalue weighted by Gasteiger charge is -2.26. The van der Waals surface area contributed by atoms with E-state index in [1.54, 1.807) is 12.1 Å². The zero-order valence-corrected chi connectivity index (χ0v) is 25.1. The third-order valence-electron chi connectivity index (χ3n) is 5.73. The van der Waals surface area contributed by atoms with Gasteiger partial charge in [-0.25, -0.2) is 9.69 Å². The average molecular weight is 696 g/mol. The monoisotopic (exact) mass is 693 g/mol. The van der Waals surface area contributed by atoms with Crippen LogP contribution in [0.4, 0.5) is 16.2 Å². The SMILES string of the molecule is Cc1ccc(NC(=O)COc2c(Br)cc(/C=C3/C(=O)NC(=O)N(c4ccc(Cl)c(Cl)c4)C3=O)cc2Br)cc1C. The number of rotatable bonds is 6. The van der Waals surface area contributed by atoms with Gasteiger partial charge in [0, 0.05) is 5.69 Å². The fourth-order valence-corrected chi connectivity index (χ4v) is 5.38. The number of carbonyl (C=O) groups is 4. The number of anilines is 2. The number of halogens is 4. The second-order valence-corrected chi connectivity index (χ2v) is 11.0. The first-order valence-corrected chi connectivity index (χ1v) is 13.6. The predicted molar refractivity (Wildman–Crippen MR) is 157 cm³/mol. The number of nitrogens with one attached hydrogen (secondary N) is 2. The van der Waals surface area contributed by atoms with Gasteiger partial charge < -0.3 is 10.1 Å². The minimum Gasteiger partial charge on any atom is -0.481 e. The summed E-state index contributed by atoms with van der Waals surface area (Å²) in [5, 5.41) is 5.33. The van der Waals surface area contributed by atoms with Crippen molar-refractivity contribution in [1.82, 2.24) is 5.32 Å². The summed E-state index contributed by atoms with van der Waals surface area (Å²) in [6, 6.07) is 12.1. The summed E-state index contributed by atoms with van der Waals surface area (Å²) in [5.41, 5.74) is 3.15. The molecule has 1 heterocycles. The lowest BCUT2D eigenvalue weighted by molar-refractivity contribution is -0.122. The standard InChI is InChI=1S/C27H19Br2Cl2N3O5/c1-13-3-4-16(7-14(13)2)32-23(35)12-39-24-19(28)9-15(10-20(24)29)8-18-25(36)33-27(38)34(26(18)37)17-5-6-21(30)22(31)11-17/h3-11H,12H2,1-2H3,(H,32,35)(H,33,36,38)/b18-8-. The Morgan fingerprint density at radius 1 is 0.974 bits per heavy atom. The van der Waals surface area contributed by atoms with Crippen LogP contribution in [0, 0.1) is 13.8 Å². The quantitative estimate of drug-likeness (QED) is 0.218. The molecule has 0 aromatic heterocycles. The Morgan fingerprint density at radius 2 is 1.67 bits per heavy atom. The molecule has 3 aromatic carbocycles. The Morgan fingerprint density at radius 3 is 2.31 bits per heavy atom. The van der Waals surface area contributed by atoms with Crippen LogP contribution in [-0.2, 0) is 14.4 Å². The van der Waals surface area contributed by atoms with E-state index in [0.717, 1.165) is 16.0 Å². The number of hydrogen-bond donors (Lipinski definition) is 2. The first-order chi connectivity index (χ1) is 18.4. The molecule has 1 fully saturated rings. The van der Waals surface area contributed by atoms with Gasteiger partial charge in [-0.2, -0.15) is 0 Å². The summed E-state index contributed by atoms with van der Waals surface area (Å²) in [7, 11) is 0. The summed E-state index contributed by atoms with van der Waals surface area (Å²) < 4.78 is 6.63. The number of carbonyl (C=O) groups excluding carboxylic acids is 4. The van der Waals surface area contributed by atoms with Gasteiger partial charge in [0.15, 0.2) is 6.61 Å². The highest BCUT2D eigenvalue weighted by Gasteiger charge is 2.37. The van der Waals surface area contributed by atoms with Crippen LogP contribution >= 0.6 is 55.1 Å². The van der Waals surface area contributed by atoms with Crippen molar-refractivity contribution >= 4 is 96.3 Å². The van der Waals surface area contributed by atoms with Crippen LogP contribution in [0.5, 0.6) is 5.75 Å². The normalized spacial score (nSPS) is 14.5. The number of aryl methyl sites for hydroxylation is 2. The van der Waals surface area contributed by atoms with Crippen LogP contribution in [0.3, 0.4) is 0 Å². The van der Waals surface area contributed by atoms with E-state index in [0.29, 0.717) is 25.9 Å². The van der Waals surface area contributed by atoms with Crippen molar-refractivity contribution in [3.63, 3.8) is 0 Å². The third kappa shape index (κ3) is 6.52. The van der Waals surface area contributed by atoms with Crippen LogP contribution in [-0.4, -0.2) is 30.4 Å². The molecule has 5 amide bonds. The van der Waals surface area contributed by atoms with Crippen LogP contribution in [0.1, 0.15) is 16.7 Å². The van der Waals surface area contributed by atoms with Crippen molar-refractivity contribution in [3.8, 4) is 5.75 Å². The van der Waals surface area contributed by atoms with Gasteiger partial charge in [-0.05, 0) is 111 Å². The van der Waals surface area contributed by atoms with E-state index in [1.807, 2.05) is 32.0 Å². The molecular weight excluding hydrogens is 677 g/mol. The predicted octanol–water partition coefficient (Wildman–Crippen LogP) is 6.82. The minimum absolute atomic E-state index is 0.142. The number of benzene rings is 3. The Balaban J connectivity index is 1.52. The van der Waals surface area contributed by atoms with Crippen LogP contribution < -0.4 is 20.3 Å². The second-order valence-electron chi connectivity index (χ2n) is 8.51. The van der Waals surface area contributed by atoms with E-state index in [9.17, 15) is 19.2 Å². The van der Waals surface area contributed by atoms with E-state index in [2.05, 4.69) is 42.5 Å². The maximum Gasteiger partial charge on any atom is 0.335 e. The molecule has 2 N–H and O–H groups in total. The molecule has 1 aliphatic rings. The molecule has 0 saturated carbocycles. The van der Waals surface area contributed by atoms with Crippen LogP contribution in [0.2, 0.25) is 10.0 Å². The number of ether oxygens (including phenoxy) is 1. The Kier molecular flexibility index (Phi) is 8.80. The highest BCUT2D eigenvalue weighted by Crippen LogP contribution is 2.36.